The number of nitriles is 1. The predicted molar refractivity (Wildman–Crippen MR) is 108 cm³/mol. The van der Waals surface area contributed by atoms with Crippen LogP contribution in [0.2, 0.25) is 0 Å². The summed E-state index contributed by atoms with van der Waals surface area (Å²) in [7, 11) is 0. The molecule has 1 fully saturated rings. The fourth-order valence-electron chi connectivity index (χ4n) is 3.49. The Balaban J connectivity index is 1.71. The summed E-state index contributed by atoms with van der Waals surface area (Å²) in [5, 5.41) is 13.8. The molecule has 1 saturated heterocycles. The fourth-order valence-corrected chi connectivity index (χ4v) is 3.75. The zero-order valence-corrected chi connectivity index (χ0v) is 17.5. The van der Waals surface area contributed by atoms with Gasteiger partial charge in [0.05, 0.1) is 29.2 Å². The molecular formula is C20H24BrN5O. The maximum atomic E-state index is 13.0. The van der Waals surface area contributed by atoms with Crippen molar-refractivity contribution in [2.45, 2.75) is 26.8 Å². The predicted octanol–water partition coefficient (Wildman–Crippen LogP) is 3.25. The summed E-state index contributed by atoms with van der Waals surface area (Å²) < 4.78 is 2.79. The van der Waals surface area contributed by atoms with Gasteiger partial charge in [-0.2, -0.15) is 10.4 Å². The van der Waals surface area contributed by atoms with Crippen molar-refractivity contribution in [2.75, 3.05) is 26.2 Å². The van der Waals surface area contributed by atoms with Crippen molar-refractivity contribution in [3.63, 3.8) is 0 Å². The Morgan fingerprint density at radius 3 is 2.37 bits per heavy atom. The highest BCUT2D eigenvalue weighted by Gasteiger charge is 2.29. The first-order chi connectivity index (χ1) is 12.9. The van der Waals surface area contributed by atoms with E-state index >= 15 is 0 Å². The Kier molecular flexibility index (Phi) is 5.98. The fraction of sp³-hybridized carbons (Fsp3) is 0.450. The van der Waals surface area contributed by atoms with Crippen molar-refractivity contribution in [3.8, 4) is 11.8 Å². The topological polar surface area (TPSA) is 65.2 Å². The van der Waals surface area contributed by atoms with Gasteiger partial charge < -0.3 is 4.90 Å². The van der Waals surface area contributed by atoms with Gasteiger partial charge in [0.1, 0.15) is 6.04 Å². The van der Waals surface area contributed by atoms with Crippen LogP contribution in [-0.4, -0.2) is 57.7 Å². The first-order valence-electron chi connectivity index (χ1n) is 9.16. The molecule has 0 saturated carbocycles. The van der Waals surface area contributed by atoms with Crippen LogP contribution in [-0.2, 0) is 0 Å². The first kappa shape index (κ1) is 19.6. The van der Waals surface area contributed by atoms with Gasteiger partial charge in [-0.25, -0.2) is 4.68 Å². The van der Waals surface area contributed by atoms with E-state index in [4.69, 9.17) is 0 Å². The summed E-state index contributed by atoms with van der Waals surface area (Å²) >= 11 is 3.43. The molecule has 7 heteroatoms. The lowest BCUT2D eigenvalue weighted by Gasteiger charge is -2.38. The number of benzene rings is 1. The molecule has 1 aliphatic rings. The normalized spacial score (nSPS) is 16.4. The van der Waals surface area contributed by atoms with Gasteiger partial charge in [-0.3, -0.25) is 9.69 Å². The van der Waals surface area contributed by atoms with E-state index in [-0.39, 0.29) is 17.9 Å². The monoisotopic (exact) mass is 429 g/mol. The van der Waals surface area contributed by atoms with Gasteiger partial charge in [0, 0.05) is 30.7 Å². The van der Waals surface area contributed by atoms with Crippen LogP contribution in [0.1, 0.15) is 29.9 Å². The molecule has 0 aliphatic carbocycles. The molecule has 1 unspecified atom stereocenters. The Hall–Kier alpha value is -2.17. The largest absolute Gasteiger partial charge is 0.336 e. The highest BCUT2D eigenvalue weighted by atomic mass is 79.9. The van der Waals surface area contributed by atoms with Gasteiger partial charge in [-0.05, 0) is 37.1 Å². The number of hydrogen-bond donors (Lipinski definition) is 0. The Morgan fingerprint density at radius 1 is 1.19 bits per heavy atom. The van der Waals surface area contributed by atoms with E-state index < -0.39 is 0 Å². The van der Waals surface area contributed by atoms with Crippen molar-refractivity contribution < 1.29 is 4.79 Å². The maximum Gasteiger partial charge on any atom is 0.257 e. The molecule has 0 bridgehead atoms. The van der Waals surface area contributed by atoms with E-state index in [0.29, 0.717) is 18.7 Å². The van der Waals surface area contributed by atoms with E-state index in [2.05, 4.69) is 45.8 Å². The average molecular weight is 430 g/mol. The smallest absolute Gasteiger partial charge is 0.257 e. The molecule has 1 atom stereocenters. The summed E-state index contributed by atoms with van der Waals surface area (Å²) in [6.07, 6.45) is 1.65. The van der Waals surface area contributed by atoms with Crippen LogP contribution >= 0.6 is 15.9 Å². The lowest BCUT2D eigenvalue weighted by atomic mass is 10.0. The van der Waals surface area contributed by atoms with E-state index in [1.165, 1.54) is 0 Å². The number of nitrogens with zero attached hydrogens (tertiary/aromatic N) is 5. The van der Waals surface area contributed by atoms with Crippen molar-refractivity contribution in [1.29, 1.82) is 5.26 Å². The third kappa shape index (κ3) is 4.07. The molecule has 142 valence electrons. The Labute approximate surface area is 168 Å². The van der Waals surface area contributed by atoms with Crippen LogP contribution in [0, 0.1) is 24.2 Å². The quantitative estimate of drug-likeness (QED) is 0.747. The molecule has 27 heavy (non-hydrogen) atoms. The molecule has 1 aromatic heterocycles. The molecule has 3 rings (SSSR count). The molecule has 1 aromatic carbocycles. The third-order valence-corrected chi connectivity index (χ3v) is 5.60. The van der Waals surface area contributed by atoms with Gasteiger partial charge in [0.2, 0.25) is 0 Å². The molecule has 2 heterocycles. The third-order valence-electron chi connectivity index (χ3n) is 5.07. The minimum atomic E-state index is -0.0934. The zero-order chi connectivity index (χ0) is 19.6. The van der Waals surface area contributed by atoms with Crippen LogP contribution in [0.15, 0.2) is 34.9 Å². The highest BCUT2D eigenvalue weighted by molar-refractivity contribution is 9.10. The molecule has 0 radical (unpaired) electrons. The standard InChI is InChI=1S/C20H24BrN5O/c1-14(2)19(12-22)24-8-10-25(11-9-24)20(27)18-13-23-26(15(18)3)17-6-4-16(21)5-7-17/h4-7,13-14,19H,8-11H2,1-3H3. The minimum absolute atomic E-state index is 0.00793. The summed E-state index contributed by atoms with van der Waals surface area (Å²) in [6, 6.07) is 10.1. The second kappa shape index (κ2) is 8.24. The lowest BCUT2D eigenvalue weighted by Crippen LogP contribution is -2.52. The van der Waals surface area contributed by atoms with Gasteiger partial charge in [-0.15, -0.1) is 0 Å². The summed E-state index contributed by atoms with van der Waals surface area (Å²) in [5.41, 5.74) is 2.39. The number of halogens is 1. The molecule has 6 nitrogen and oxygen atoms in total. The van der Waals surface area contributed by atoms with Crippen LogP contribution in [0.3, 0.4) is 0 Å². The highest BCUT2D eigenvalue weighted by Crippen LogP contribution is 2.20. The van der Waals surface area contributed by atoms with Gasteiger partial charge in [0.25, 0.3) is 5.91 Å². The average Bonchev–Trinajstić information content (AvgIpc) is 3.04. The number of carbonyl (C=O) groups excluding carboxylic acids is 1. The zero-order valence-electron chi connectivity index (χ0n) is 15.9. The lowest BCUT2D eigenvalue weighted by molar-refractivity contribution is 0.0576. The number of aromatic nitrogens is 2. The molecule has 1 aliphatic heterocycles. The molecule has 0 spiro atoms. The Morgan fingerprint density at radius 2 is 1.81 bits per heavy atom. The number of hydrogen-bond acceptors (Lipinski definition) is 4. The van der Waals surface area contributed by atoms with Crippen molar-refractivity contribution >= 4 is 21.8 Å². The van der Waals surface area contributed by atoms with Gasteiger partial charge in [-0.1, -0.05) is 29.8 Å². The van der Waals surface area contributed by atoms with Crippen LogP contribution in [0.4, 0.5) is 0 Å². The van der Waals surface area contributed by atoms with E-state index in [1.807, 2.05) is 36.1 Å². The van der Waals surface area contributed by atoms with Crippen LogP contribution in [0.25, 0.3) is 5.69 Å². The minimum Gasteiger partial charge on any atom is -0.336 e. The van der Waals surface area contributed by atoms with E-state index in [0.717, 1.165) is 28.9 Å². The molecule has 1 amide bonds. The van der Waals surface area contributed by atoms with Crippen molar-refractivity contribution in [3.05, 3.63) is 46.2 Å². The second-order valence-electron chi connectivity index (χ2n) is 7.18. The van der Waals surface area contributed by atoms with Crippen molar-refractivity contribution in [1.82, 2.24) is 19.6 Å². The SMILES string of the molecule is Cc1c(C(=O)N2CCN(C(C#N)C(C)C)CC2)cnn1-c1ccc(Br)cc1. The Bertz CT molecular complexity index is 844. The summed E-state index contributed by atoms with van der Waals surface area (Å²) in [6.45, 7) is 8.75. The van der Waals surface area contributed by atoms with Crippen LogP contribution in [0.5, 0.6) is 0 Å². The number of amides is 1. The second-order valence-corrected chi connectivity index (χ2v) is 8.09. The van der Waals surface area contributed by atoms with Gasteiger partial charge >= 0.3 is 0 Å². The maximum absolute atomic E-state index is 13.0. The summed E-state index contributed by atoms with van der Waals surface area (Å²) in [5.74, 6) is 0.289. The molecule has 0 N–H and O–H groups in total. The van der Waals surface area contributed by atoms with E-state index in [1.54, 1.807) is 10.9 Å². The van der Waals surface area contributed by atoms with Crippen LogP contribution < -0.4 is 0 Å². The van der Waals surface area contributed by atoms with Crippen molar-refractivity contribution in [2.24, 2.45) is 5.92 Å². The first-order valence-corrected chi connectivity index (χ1v) is 9.95. The number of carbonyl (C=O) groups is 1. The number of rotatable bonds is 4. The van der Waals surface area contributed by atoms with Gasteiger partial charge in [0.15, 0.2) is 0 Å². The molecular weight excluding hydrogens is 406 g/mol. The number of piperazine rings is 1. The molecule has 2 aromatic rings. The summed E-state index contributed by atoms with van der Waals surface area (Å²) in [4.78, 5) is 17.0. The van der Waals surface area contributed by atoms with E-state index in [9.17, 15) is 10.1 Å².